The maximum atomic E-state index is 10.1. The van der Waals surface area contributed by atoms with Crippen LogP contribution in [0.3, 0.4) is 0 Å². The zero-order chi connectivity index (χ0) is 8.73. The molecule has 0 aliphatic heterocycles. The summed E-state index contributed by atoms with van der Waals surface area (Å²) in [4.78, 5) is 19.1. The predicted octanol–water partition coefficient (Wildman–Crippen LogP) is 0.807. The number of hydrogen-bond donors (Lipinski definition) is 1. The Morgan fingerprint density at radius 1 is 1.40 bits per heavy atom. The van der Waals surface area contributed by atoms with Crippen LogP contribution in [0.5, 0.6) is 0 Å². The van der Waals surface area contributed by atoms with Crippen molar-refractivity contribution in [3.63, 3.8) is 0 Å². The molecule has 0 aromatic rings. The van der Waals surface area contributed by atoms with Crippen molar-refractivity contribution in [3.8, 4) is 0 Å². The van der Waals surface area contributed by atoms with Gasteiger partial charge in [0.15, 0.2) is 0 Å². The Morgan fingerprint density at radius 3 is 1.50 bits per heavy atom. The Hall–Kier alpha value is -0.120. The van der Waals surface area contributed by atoms with Gasteiger partial charge in [0.25, 0.3) is 5.97 Å². The first kappa shape index (κ1) is 12.5. The monoisotopic (exact) mass is 238 g/mol. The minimum absolute atomic E-state index is 0.0693. The van der Waals surface area contributed by atoms with E-state index in [-0.39, 0.29) is 9.92 Å². The van der Waals surface area contributed by atoms with Crippen LogP contribution in [0.25, 0.3) is 0 Å². The fourth-order valence-electron chi connectivity index (χ4n) is 0. The van der Waals surface area contributed by atoms with E-state index in [1.807, 2.05) is 13.8 Å². The van der Waals surface area contributed by atoms with Gasteiger partial charge in [0.2, 0.25) is 0 Å². The van der Waals surface area contributed by atoms with Gasteiger partial charge in [-0.3, -0.25) is 4.79 Å². The van der Waals surface area contributed by atoms with Crippen molar-refractivity contribution in [1.82, 2.24) is 0 Å². The van der Waals surface area contributed by atoms with Gasteiger partial charge in [-0.15, -0.1) is 0 Å². The Kier molecular flexibility index (Phi) is 8.77. The van der Waals surface area contributed by atoms with Crippen LogP contribution < -0.4 is 0 Å². The molecule has 0 atom stereocenters. The van der Waals surface area contributed by atoms with E-state index < -0.39 is 5.97 Å². The second-order valence-corrected chi connectivity index (χ2v) is 2.67. The molecule has 10 heavy (non-hydrogen) atoms. The SMILES string of the molecule is CC(=O)O.CC(C)[C](=O)[Ag]. The molecule has 3 nitrogen and oxygen atoms in total. The molecule has 1 N–H and O–H groups in total. The summed E-state index contributed by atoms with van der Waals surface area (Å²) in [6.45, 7) is 4.77. The fraction of sp³-hybridized carbons (Fsp3) is 0.667. The third-order valence-corrected chi connectivity index (χ3v) is 1.27. The van der Waals surface area contributed by atoms with E-state index >= 15 is 0 Å². The van der Waals surface area contributed by atoms with Crippen molar-refractivity contribution in [2.75, 3.05) is 0 Å². The topological polar surface area (TPSA) is 54.4 Å². The molecule has 0 fully saturated rings. The Morgan fingerprint density at radius 2 is 1.50 bits per heavy atom. The van der Waals surface area contributed by atoms with Crippen LogP contribution in [-0.2, 0) is 30.7 Å². The average Bonchev–Trinajstić information content (AvgIpc) is 1.63. The van der Waals surface area contributed by atoms with Crippen molar-refractivity contribution in [2.24, 2.45) is 5.92 Å². The molecule has 0 heterocycles. The van der Waals surface area contributed by atoms with Gasteiger partial charge in [0.1, 0.15) is 0 Å². The van der Waals surface area contributed by atoms with Crippen molar-refractivity contribution in [2.45, 2.75) is 20.8 Å². The van der Waals surface area contributed by atoms with E-state index in [2.05, 4.69) is 21.1 Å². The van der Waals surface area contributed by atoms with Gasteiger partial charge in [-0.05, 0) is 0 Å². The summed E-state index contributed by atoms with van der Waals surface area (Å²) in [7, 11) is 0. The first-order chi connectivity index (χ1) is 4.37. The van der Waals surface area contributed by atoms with E-state index in [4.69, 9.17) is 9.90 Å². The van der Waals surface area contributed by atoms with Gasteiger partial charge in [-0.2, -0.15) is 0 Å². The second-order valence-electron chi connectivity index (χ2n) is 1.94. The van der Waals surface area contributed by atoms with E-state index in [0.717, 1.165) is 6.92 Å². The number of carboxylic acid groups (broad SMARTS) is 1. The summed E-state index contributed by atoms with van der Waals surface area (Å²) in [5.41, 5.74) is 0. The van der Waals surface area contributed by atoms with Crippen LogP contribution in [-0.4, -0.2) is 15.1 Å². The van der Waals surface area contributed by atoms with Gasteiger partial charge in [-0.1, -0.05) is 0 Å². The third-order valence-electron chi connectivity index (χ3n) is 0.410. The average molecular weight is 239 g/mol. The molecule has 0 rings (SSSR count). The molecule has 0 unspecified atom stereocenters. The summed E-state index contributed by atoms with van der Waals surface area (Å²) >= 11 is 2.82. The molecule has 0 aromatic heterocycles. The third kappa shape index (κ3) is 24.8. The quantitative estimate of drug-likeness (QED) is 0.688. The van der Waals surface area contributed by atoms with Crippen LogP contribution in [0.1, 0.15) is 20.8 Å². The molecule has 0 saturated carbocycles. The number of carbonyl (C=O) groups excluding carboxylic acids is 1. The van der Waals surface area contributed by atoms with Gasteiger partial charge in [-0.25, -0.2) is 0 Å². The van der Waals surface area contributed by atoms with Gasteiger partial charge >= 0.3 is 49.6 Å². The molecule has 0 aromatic carbocycles. The number of carboxylic acids is 1. The number of hydrogen-bond acceptors (Lipinski definition) is 2. The van der Waals surface area contributed by atoms with Crippen molar-refractivity contribution < 1.29 is 35.8 Å². The van der Waals surface area contributed by atoms with E-state index in [0.29, 0.717) is 0 Å². The van der Waals surface area contributed by atoms with E-state index in [1.165, 1.54) is 0 Å². The molecule has 0 saturated heterocycles. The van der Waals surface area contributed by atoms with Gasteiger partial charge in [0.05, 0.1) is 0 Å². The zero-order valence-electron chi connectivity index (χ0n) is 6.14. The number of carbonyl (C=O) groups is 2. The second kappa shape index (κ2) is 6.99. The van der Waals surface area contributed by atoms with Crippen molar-refractivity contribution >= 4 is 9.97 Å². The van der Waals surface area contributed by atoms with Crippen LogP contribution in [0.4, 0.5) is 0 Å². The summed E-state index contributed by atoms with van der Waals surface area (Å²) in [6, 6.07) is 0. The standard InChI is InChI=1S/C4H7O.C2H4O2.Ag/c1-4(2)3-5;1-2(3)4;/h4H,1-2H3;1H3,(H,3,4);. The first-order valence-electron chi connectivity index (χ1n) is 2.73. The molecular weight excluding hydrogens is 228 g/mol. The summed E-state index contributed by atoms with van der Waals surface area (Å²) in [5.74, 6) is -0.705. The summed E-state index contributed by atoms with van der Waals surface area (Å²) < 4.78 is 0.0693. The first-order valence-corrected chi connectivity index (χ1v) is 3.47. The number of aliphatic carboxylic acids is 1. The van der Waals surface area contributed by atoms with Crippen LogP contribution >= 0.6 is 0 Å². The normalized spacial score (nSPS) is 8.20. The molecule has 64 valence electrons. The summed E-state index contributed by atoms with van der Waals surface area (Å²) in [6.07, 6.45) is 0. The Balaban J connectivity index is 0. The molecule has 0 aliphatic rings. The molecule has 0 bridgehead atoms. The van der Waals surface area contributed by atoms with Crippen LogP contribution in [0, 0.1) is 5.92 Å². The summed E-state index contributed by atoms with van der Waals surface area (Å²) in [5, 5.41) is 7.42. The van der Waals surface area contributed by atoms with E-state index in [9.17, 15) is 4.79 Å². The molecule has 0 radical (unpaired) electrons. The maximum absolute atomic E-state index is 10.1. The van der Waals surface area contributed by atoms with E-state index in [1.54, 1.807) is 0 Å². The zero-order valence-corrected chi connectivity index (χ0v) is 7.62. The molecular formula is C6H11AgO3. The van der Waals surface area contributed by atoms with Gasteiger partial charge < -0.3 is 5.11 Å². The predicted molar refractivity (Wildman–Crippen MR) is 33.2 cm³/mol. The van der Waals surface area contributed by atoms with Crippen molar-refractivity contribution in [1.29, 1.82) is 0 Å². The van der Waals surface area contributed by atoms with Crippen molar-refractivity contribution in [3.05, 3.63) is 0 Å². The molecule has 4 heteroatoms. The molecule has 0 amide bonds. The van der Waals surface area contributed by atoms with Crippen LogP contribution in [0.15, 0.2) is 0 Å². The number of rotatable bonds is 1. The Labute approximate surface area is 72.7 Å². The molecule has 0 aliphatic carbocycles. The van der Waals surface area contributed by atoms with Crippen LogP contribution in [0.2, 0.25) is 0 Å². The minimum atomic E-state index is -0.833. The molecule has 0 spiro atoms. The van der Waals surface area contributed by atoms with Gasteiger partial charge in [0, 0.05) is 6.92 Å². The Bertz CT molecular complexity index is 116. The fourth-order valence-corrected chi connectivity index (χ4v) is 0.